The Kier molecular flexibility index (Phi) is 2.41. The third kappa shape index (κ3) is 2.18. The Balaban J connectivity index is 2.64. The maximum absolute atomic E-state index is 10.6. The summed E-state index contributed by atoms with van der Waals surface area (Å²) in [6.07, 6.45) is 0.0258. The fraction of sp³-hybridized carbons (Fsp3) is 0.333. The lowest BCUT2D eigenvalue weighted by Crippen LogP contribution is -1.98. The summed E-state index contributed by atoms with van der Waals surface area (Å²) in [5.41, 5.74) is -0.278. The molecule has 0 saturated carbocycles. The van der Waals surface area contributed by atoms with Crippen LogP contribution in [0.2, 0.25) is 0 Å². The molecule has 0 bridgehead atoms. The molecule has 0 aliphatic carbocycles. The summed E-state index contributed by atoms with van der Waals surface area (Å²) in [7, 11) is -1.67. The Bertz CT molecular complexity index is 141. The van der Waals surface area contributed by atoms with Gasteiger partial charge in [-0.2, -0.15) is 0 Å². The standard InChI is InChI=1S/C3H4O3P3/c4-2-1-3(5)8-9(6)7-2/h7-8H,1H2/q+1. The van der Waals surface area contributed by atoms with Gasteiger partial charge in [-0.05, 0) is 0 Å². The summed E-state index contributed by atoms with van der Waals surface area (Å²) < 4.78 is 10.6. The van der Waals surface area contributed by atoms with Gasteiger partial charge in [0, 0.05) is 0 Å². The molecule has 0 spiro atoms. The Labute approximate surface area is 56.1 Å². The first-order valence-electron chi connectivity index (χ1n) is 2.25. The Morgan fingerprint density at radius 1 is 1.22 bits per heavy atom. The molecule has 9 heavy (non-hydrogen) atoms. The monoisotopic (exact) mass is 181 g/mol. The molecule has 0 aromatic rings. The highest BCUT2D eigenvalue weighted by atomic mass is 32.4. The van der Waals surface area contributed by atoms with Crippen LogP contribution in [0.3, 0.4) is 0 Å². The highest BCUT2D eigenvalue weighted by molar-refractivity contribution is 8.53. The number of carbonyl (C=O) groups is 2. The highest BCUT2D eigenvalue weighted by Crippen LogP contribution is 2.64. The summed E-state index contributed by atoms with van der Waals surface area (Å²) in [6, 6.07) is 0. The van der Waals surface area contributed by atoms with Crippen LogP contribution in [0.4, 0.5) is 0 Å². The maximum atomic E-state index is 10.6. The minimum Gasteiger partial charge on any atom is -0.290 e. The van der Waals surface area contributed by atoms with E-state index < -0.39 is 7.18 Å². The quantitative estimate of drug-likeness (QED) is 0.419. The van der Waals surface area contributed by atoms with Crippen molar-refractivity contribution in [2.24, 2.45) is 0 Å². The first-order valence-corrected chi connectivity index (χ1v) is 7.19. The van der Waals surface area contributed by atoms with E-state index in [9.17, 15) is 14.2 Å². The van der Waals surface area contributed by atoms with Gasteiger partial charge >= 0.3 is 7.18 Å². The molecule has 0 radical (unpaired) electrons. The number of hydrogen-bond donors (Lipinski definition) is 0. The zero-order chi connectivity index (χ0) is 6.85. The molecule has 6 heteroatoms. The average molecular weight is 181 g/mol. The molecule has 1 saturated heterocycles. The van der Waals surface area contributed by atoms with E-state index in [1.54, 1.807) is 0 Å². The topological polar surface area (TPSA) is 51.2 Å². The molecule has 1 aliphatic rings. The molecule has 3 nitrogen and oxygen atoms in total. The van der Waals surface area contributed by atoms with Crippen LogP contribution < -0.4 is 0 Å². The molecular formula is C3H4O3P3+. The largest absolute Gasteiger partial charge is 0.380 e. The molecule has 2 atom stereocenters. The van der Waals surface area contributed by atoms with Crippen molar-refractivity contribution >= 4 is 34.8 Å². The van der Waals surface area contributed by atoms with Crippen LogP contribution in [0.25, 0.3) is 0 Å². The molecule has 1 fully saturated rings. The fourth-order valence-electron chi connectivity index (χ4n) is 0.479. The fourth-order valence-corrected chi connectivity index (χ4v) is 6.39. The van der Waals surface area contributed by atoms with Gasteiger partial charge in [-0.3, -0.25) is 9.59 Å². The van der Waals surface area contributed by atoms with Crippen LogP contribution in [0.5, 0.6) is 0 Å². The van der Waals surface area contributed by atoms with Crippen molar-refractivity contribution in [3.05, 3.63) is 0 Å². The van der Waals surface area contributed by atoms with Gasteiger partial charge in [0.1, 0.15) is 0 Å². The minimum atomic E-state index is -1.46. The van der Waals surface area contributed by atoms with Crippen molar-refractivity contribution in [1.29, 1.82) is 0 Å². The normalized spacial score (nSPS) is 30.0. The van der Waals surface area contributed by atoms with E-state index in [2.05, 4.69) is 0 Å². The summed E-state index contributed by atoms with van der Waals surface area (Å²) in [4.78, 5) is 21.0. The smallest absolute Gasteiger partial charge is 0.290 e. The zero-order valence-corrected chi connectivity index (χ0v) is 7.27. The maximum Gasteiger partial charge on any atom is 0.380 e. The second kappa shape index (κ2) is 2.92. The molecule has 48 valence electrons. The Morgan fingerprint density at radius 2 is 1.67 bits per heavy atom. The van der Waals surface area contributed by atoms with Crippen molar-refractivity contribution in [1.82, 2.24) is 0 Å². The van der Waals surface area contributed by atoms with Crippen LogP contribution in [-0.4, -0.2) is 11.0 Å². The molecule has 1 heterocycles. The predicted molar refractivity (Wildman–Crippen MR) is 38.9 cm³/mol. The molecule has 1 aliphatic heterocycles. The van der Waals surface area contributed by atoms with Gasteiger partial charge in [0.05, 0.1) is 6.42 Å². The average Bonchev–Trinajstić information content (AvgIpc) is 1.59. The van der Waals surface area contributed by atoms with Crippen molar-refractivity contribution in [2.45, 2.75) is 6.42 Å². The van der Waals surface area contributed by atoms with Gasteiger partial charge in [-0.15, -0.1) is 0 Å². The van der Waals surface area contributed by atoms with Crippen LogP contribution in [0, 0.1) is 0 Å². The second-order valence-corrected chi connectivity index (χ2v) is 8.81. The van der Waals surface area contributed by atoms with Crippen LogP contribution >= 0.6 is 23.7 Å². The SMILES string of the molecule is O=C1CC(=O)P[P+](=O)P1. The number of hydrogen-bond acceptors (Lipinski definition) is 3. The van der Waals surface area contributed by atoms with Crippen LogP contribution in [-0.2, 0) is 14.2 Å². The van der Waals surface area contributed by atoms with Crippen LogP contribution in [0.1, 0.15) is 6.42 Å². The zero-order valence-electron chi connectivity index (χ0n) is 4.38. The Morgan fingerprint density at radius 3 is 2.00 bits per heavy atom. The van der Waals surface area contributed by atoms with Gasteiger partial charge < -0.3 is 0 Å². The molecule has 0 aromatic carbocycles. The van der Waals surface area contributed by atoms with E-state index in [0.29, 0.717) is 0 Å². The van der Waals surface area contributed by atoms with E-state index in [0.717, 1.165) is 0 Å². The van der Waals surface area contributed by atoms with Crippen molar-refractivity contribution in [3.63, 3.8) is 0 Å². The molecule has 0 aromatic heterocycles. The lowest BCUT2D eigenvalue weighted by Gasteiger charge is -1.93. The first kappa shape index (κ1) is 7.41. The molecule has 2 unspecified atom stereocenters. The van der Waals surface area contributed by atoms with Gasteiger partial charge in [0.2, 0.25) is 27.6 Å². The van der Waals surface area contributed by atoms with Crippen molar-refractivity contribution in [2.75, 3.05) is 0 Å². The second-order valence-electron chi connectivity index (χ2n) is 1.54. The third-order valence-electron chi connectivity index (χ3n) is 0.774. The van der Waals surface area contributed by atoms with E-state index >= 15 is 0 Å². The summed E-state index contributed by atoms with van der Waals surface area (Å²) >= 11 is 0. The molecular weight excluding hydrogens is 177 g/mol. The van der Waals surface area contributed by atoms with Crippen molar-refractivity contribution < 1.29 is 14.2 Å². The van der Waals surface area contributed by atoms with E-state index in [-0.39, 0.29) is 34.0 Å². The summed E-state index contributed by atoms with van der Waals surface area (Å²) in [5, 5.41) is 0. The molecule has 0 amide bonds. The lowest BCUT2D eigenvalue weighted by molar-refractivity contribution is -0.118. The van der Waals surface area contributed by atoms with Gasteiger partial charge in [0.25, 0.3) is 0 Å². The molecule has 1 rings (SSSR count). The Hall–Kier alpha value is 0.300. The summed E-state index contributed by atoms with van der Waals surface area (Å²) in [5.74, 6) is 0. The van der Waals surface area contributed by atoms with Gasteiger partial charge in [-0.1, -0.05) is 4.57 Å². The highest BCUT2D eigenvalue weighted by Gasteiger charge is 2.33. The van der Waals surface area contributed by atoms with Gasteiger partial charge in [-0.25, -0.2) is 0 Å². The lowest BCUT2D eigenvalue weighted by atomic mass is 10.5. The number of carbonyl (C=O) groups excluding carboxylic acids is 2. The first-order chi connectivity index (χ1) is 4.18. The predicted octanol–water partition coefficient (Wildman–Crippen LogP) is 1.46. The molecule has 0 N–H and O–H groups in total. The number of rotatable bonds is 0. The third-order valence-corrected chi connectivity index (χ3v) is 6.76. The van der Waals surface area contributed by atoms with E-state index in [1.165, 1.54) is 0 Å². The van der Waals surface area contributed by atoms with Gasteiger partial charge in [0.15, 0.2) is 0 Å². The van der Waals surface area contributed by atoms with Crippen LogP contribution in [0.15, 0.2) is 0 Å². The van der Waals surface area contributed by atoms with Crippen molar-refractivity contribution in [3.8, 4) is 0 Å². The minimum absolute atomic E-state index is 0.0258. The van der Waals surface area contributed by atoms with E-state index in [4.69, 9.17) is 0 Å². The van der Waals surface area contributed by atoms with E-state index in [1.807, 2.05) is 0 Å². The summed E-state index contributed by atoms with van der Waals surface area (Å²) in [6.45, 7) is 0.